The molecule has 1 heteroatoms. The van der Waals surface area contributed by atoms with Crippen LogP contribution in [0.3, 0.4) is 0 Å². The average molecular weight is 176 g/mol. The van der Waals surface area contributed by atoms with Crippen molar-refractivity contribution in [3.8, 4) is 0 Å². The van der Waals surface area contributed by atoms with Gasteiger partial charge in [0.1, 0.15) is 0 Å². The van der Waals surface area contributed by atoms with E-state index in [1.54, 1.807) is 0 Å². The molecule has 0 aromatic rings. The zero-order valence-corrected chi connectivity index (χ0v) is 6.64. The summed E-state index contributed by atoms with van der Waals surface area (Å²) in [6.45, 7) is 3.65. The normalized spacial score (nSPS) is 8.60. The Labute approximate surface area is 40.6 Å². The first kappa shape index (κ1) is 5.54. The van der Waals surface area contributed by atoms with E-state index in [-0.39, 0.29) is 0 Å². The Hall–Kier alpha value is 0.539. The van der Waals surface area contributed by atoms with Gasteiger partial charge in [0.15, 0.2) is 0 Å². The summed E-state index contributed by atoms with van der Waals surface area (Å²) < 4.78 is 2.11. The summed E-state index contributed by atoms with van der Waals surface area (Å²) in [5, 5.41) is 0. The van der Waals surface area contributed by atoms with Crippen LogP contribution < -0.4 is 0 Å². The second-order valence-corrected chi connectivity index (χ2v) is 8.60. The molecule has 0 spiro atoms. The molecular weight excluding hydrogens is 167 g/mol. The maximum atomic E-state index is 3.65. The molecule has 29 valence electrons. The van der Waals surface area contributed by atoms with Crippen molar-refractivity contribution in [2.24, 2.45) is 0 Å². The molecular formula is C4H9Sn. The van der Waals surface area contributed by atoms with Crippen LogP contribution in [0.15, 0.2) is 10.7 Å². The fourth-order valence-corrected chi connectivity index (χ4v) is 0. The fourth-order valence-electron chi connectivity index (χ4n) is 0. The van der Waals surface area contributed by atoms with Gasteiger partial charge in [-0.2, -0.15) is 0 Å². The summed E-state index contributed by atoms with van der Waals surface area (Å²) in [7, 11) is 0. The van der Waals surface area contributed by atoms with Crippen molar-refractivity contribution in [1.82, 2.24) is 0 Å². The topological polar surface area (TPSA) is 0 Å². The van der Waals surface area contributed by atoms with E-state index in [9.17, 15) is 0 Å². The van der Waals surface area contributed by atoms with Crippen molar-refractivity contribution >= 4 is 19.8 Å². The van der Waals surface area contributed by atoms with Crippen LogP contribution in [0.2, 0.25) is 9.88 Å². The molecule has 0 rings (SSSR count). The minimum atomic E-state index is -0.816. The fraction of sp³-hybridized carbons (Fsp3) is 0.500. The standard InChI is InChI=1S/C2H3.2CH3.Sn/c1-2;;;/h1H,2H2;2*1H3;. The first-order valence-corrected chi connectivity index (χ1v) is 9.05. The molecule has 0 N–H and O–H groups in total. The van der Waals surface area contributed by atoms with Crippen molar-refractivity contribution in [2.45, 2.75) is 9.88 Å². The van der Waals surface area contributed by atoms with Gasteiger partial charge in [-0.05, 0) is 0 Å². The molecule has 5 heavy (non-hydrogen) atoms. The Balaban J connectivity index is 2.83. The maximum absolute atomic E-state index is 3.65. The third-order valence-electron chi connectivity index (χ3n) is 0.408. The van der Waals surface area contributed by atoms with E-state index in [1.807, 2.05) is 0 Å². The Kier molecular flexibility index (Phi) is 3.06. The van der Waals surface area contributed by atoms with Gasteiger partial charge in [-0.1, -0.05) is 0 Å². The van der Waals surface area contributed by atoms with Crippen LogP contribution >= 0.6 is 0 Å². The molecule has 0 aromatic heterocycles. The van der Waals surface area contributed by atoms with Crippen molar-refractivity contribution in [1.29, 1.82) is 0 Å². The molecule has 0 unspecified atom stereocenters. The Morgan fingerprint density at radius 3 is 1.80 bits per heavy atom. The van der Waals surface area contributed by atoms with E-state index in [4.69, 9.17) is 0 Å². The van der Waals surface area contributed by atoms with Gasteiger partial charge in [-0.3, -0.25) is 0 Å². The van der Waals surface area contributed by atoms with E-state index >= 15 is 0 Å². The van der Waals surface area contributed by atoms with Crippen LogP contribution in [0.4, 0.5) is 0 Å². The van der Waals surface area contributed by atoms with Gasteiger partial charge in [-0.25, -0.2) is 0 Å². The average Bonchev–Trinajstić information content (AvgIpc) is 1.38. The molecule has 0 heterocycles. The van der Waals surface area contributed by atoms with Crippen LogP contribution in [-0.2, 0) is 0 Å². The second kappa shape index (κ2) is 2.76. The van der Waals surface area contributed by atoms with Crippen LogP contribution in [0.25, 0.3) is 0 Å². The van der Waals surface area contributed by atoms with Crippen LogP contribution in [0.5, 0.6) is 0 Å². The molecule has 1 radical (unpaired) electrons. The predicted octanol–water partition coefficient (Wildman–Crippen LogP) is 1.47. The minimum absolute atomic E-state index is 0.816. The van der Waals surface area contributed by atoms with Crippen molar-refractivity contribution in [3.63, 3.8) is 0 Å². The molecule has 0 amide bonds. The predicted molar refractivity (Wildman–Crippen MR) is 27.7 cm³/mol. The molecule has 0 saturated carbocycles. The SMILES string of the molecule is C=[CH][Sn]([CH3])[CH3]. The first-order valence-electron chi connectivity index (χ1n) is 1.70. The third-order valence-corrected chi connectivity index (χ3v) is 2.74. The Morgan fingerprint density at radius 2 is 1.80 bits per heavy atom. The van der Waals surface area contributed by atoms with Gasteiger partial charge in [0.2, 0.25) is 0 Å². The van der Waals surface area contributed by atoms with Crippen LogP contribution in [-0.4, -0.2) is 19.8 Å². The van der Waals surface area contributed by atoms with E-state index in [0.717, 1.165) is 0 Å². The van der Waals surface area contributed by atoms with E-state index in [2.05, 4.69) is 20.6 Å². The molecule has 0 aliphatic carbocycles. The summed E-state index contributed by atoms with van der Waals surface area (Å²) in [6, 6.07) is 0. The Morgan fingerprint density at radius 1 is 1.60 bits per heavy atom. The second-order valence-electron chi connectivity index (χ2n) is 1.28. The van der Waals surface area contributed by atoms with Gasteiger partial charge in [0, 0.05) is 0 Å². The summed E-state index contributed by atoms with van der Waals surface area (Å²) >= 11 is -0.816. The molecule has 0 aliphatic rings. The molecule has 0 nitrogen and oxygen atoms in total. The number of hydrogen-bond acceptors (Lipinski definition) is 0. The first-order chi connectivity index (χ1) is 2.27. The van der Waals surface area contributed by atoms with Gasteiger partial charge in [-0.15, -0.1) is 0 Å². The molecule has 0 saturated heterocycles. The van der Waals surface area contributed by atoms with Gasteiger partial charge >= 0.3 is 40.3 Å². The van der Waals surface area contributed by atoms with Gasteiger partial charge < -0.3 is 0 Å². The summed E-state index contributed by atoms with van der Waals surface area (Å²) in [5.74, 6) is 0. The van der Waals surface area contributed by atoms with Gasteiger partial charge in [0.05, 0.1) is 0 Å². The van der Waals surface area contributed by atoms with Crippen molar-refractivity contribution < 1.29 is 0 Å². The quantitative estimate of drug-likeness (QED) is 0.530. The molecule has 0 atom stereocenters. The van der Waals surface area contributed by atoms with Crippen molar-refractivity contribution in [3.05, 3.63) is 10.7 Å². The monoisotopic (exact) mass is 177 g/mol. The van der Waals surface area contributed by atoms with Crippen LogP contribution in [0.1, 0.15) is 0 Å². The summed E-state index contributed by atoms with van der Waals surface area (Å²) in [4.78, 5) is 4.60. The molecule has 0 aromatic carbocycles. The zero-order valence-electron chi connectivity index (χ0n) is 3.78. The van der Waals surface area contributed by atoms with E-state index in [1.165, 1.54) is 0 Å². The Bertz CT molecular complexity index is 30.6. The van der Waals surface area contributed by atoms with E-state index < -0.39 is 19.8 Å². The number of rotatable bonds is 1. The van der Waals surface area contributed by atoms with Crippen molar-refractivity contribution in [2.75, 3.05) is 0 Å². The molecule has 0 bridgehead atoms. The van der Waals surface area contributed by atoms with E-state index in [0.29, 0.717) is 0 Å². The van der Waals surface area contributed by atoms with Crippen LogP contribution in [0, 0.1) is 0 Å². The summed E-state index contributed by atoms with van der Waals surface area (Å²) in [5.41, 5.74) is 0. The molecule has 0 aliphatic heterocycles. The summed E-state index contributed by atoms with van der Waals surface area (Å²) in [6.07, 6.45) is 0. The third kappa shape index (κ3) is 4.54. The zero-order chi connectivity index (χ0) is 4.28. The number of hydrogen-bond donors (Lipinski definition) is 0. The van der Waals surface area contributed by atoms with Gasteiger partial charge in [0.25, 0.3) is 0 Å². The molecule has 0 fully saturated rings.